The summed E-state index contributed by atoms with van der Waals surface area (Å²) in [5.74, 6) is 6.30. The van der Waals surface area contributed by atoms with E-state index in [2.05, 4.69) is 45.5 Å². The van der Waals surface area contributed by atoms with Crippen LogP contribution in [-0.4, -0.2) is 17.5 Å². The molecule has 0 radical (unpaired) electrons. The quantitative estimate of drug-likeness (QED) is 0.392. The SMILES string of the molecule is CC(C)c1ccc(OCC(=O)Nc2cc(Br)c3nc(NN)sc3c2)cc1. The van der Waals surface area contributed by atoms with Crippen LogP contribution in [0.25, 0.3) is 10.2 Å². The smallest absolute Gasteiger partial charge is 0.262 e. The molecule has 2 aromatic carbocycles. The number of hydrogen-bond donors (Lipinski definition) is 3. The lowest BCUT2D eigenvalue weighted by atomic mass is 10.0. The van der Waals surface area contributed by atoms with Gasteiger partial charge in [0, 0.05) is 10.2 Å². The highest BCUT2D eigenvalue weighted by Crippen LogP contribution is 2.33. The van der Waals surface area contributed by atoms with Crippen LogP contribution in [0.2, 0.25) is 0 Å². The fourth-order valence-electron chi connectivity index (χ4n) is 2.42. The number of fused-ring (bicyclic) bond motifs is 1. The van der Waals surface area contributed by atoms with Crippen LogP contribution in [0.1, 0.15) is 25.3 Å². The molecule has 4 N–H and O–H groups in total. The Balaban J connectivity index is 1.63. The van der Waals surface area contributed by atoms with Gasteiger partial charge in [-0.15, -0.1) is 0 Å². The van der Waals surface area contributed by atoms with Gasteiger partial charge in [-0.25, -0.2) is 10.8 Å². The number of nitrogen functional groups attached to an aromatic ring is 1. The number of rotatable bonds is 6. The summed E-state index contributed by atoms with van der Waals surface area (Å²) in [4.78, 5) is 16.5. The third kappa shape index (κ3) is 4.32. The van der Waals surface area contributed by atoms with Crippen molar-refractivity contribution in [2.24, 2.45) is 5.84 Å². The number of amides is 1. The number of carbonyl (C=O) groups excluding carboxylic acids is 1. The van der Waals surface area contributed by atoms with Gasteiger partial charge in [0.1, 0.15) is 5.75 Å². The minimum atomic E-state index is -0.231. The third-order valence-electron chi connectivity index (χ3n) is 3.77. The monoisotopic (exact) mass is 434 g/mol. The molecule has 3 rings (SSSR count). The Kier molecular flexibility index (Phi) is 5.75. The first kappa shape index (κ1) is 18.6. The molecule has 1 aromatic heterocycles. The molecule has 0 saturated heterocycles. The van der Waals surface area contributed by atoms with Crippen molar-refractivity contribution >= 4 is 54.2 Å². The second-order valence-electron chi connectivity index (χ2n) is 6.03. The van der Waals surface area contributed by atoms with Crippen LogP contribution in [-0.2, 0) is 4.79 Å². The topological polar surface area (TPSA) is 89.3 Å². The number of nitrogens with one attached hydrogen (secondary N) is 2. The summed E-state index contributed by atoms with van der Waals surface area (Å²) in [5, 5.41) is 3.44. The number of ether oxygens (including phenoxy) is 1. The Morgan fingerprint density at radius 2 is 2.04 bits per heavy atom. The van der Waals surface area contributed by atoms with E-state index in [1.165, 1.54) is 16.9 Å². The predicted molar refractivity (Wildman–Crippen MR) is 110 cm³/mol. The zero-order chi connectivity index (χ0) is 18.7. The molecule has 0 spiro atoms. The Bertz CT molecular complexity index is 925. The molecular formula is C18H19BrN4O2S. The van der Waals surface area contributed by atoms with E-state index in [0.29, 0.717) is 22.5 Å². The van der Waals surface area contributed by atoms with Gasteiger partial charge >= 0.3 is 0 Å². The molecule has 26 heavy (non-hydrogen) atoms. The lowest BCUT2D eigenvalue weighted by molar-refractivity contribution is -0.118. The zero-order valence-corrected chi connectivity index (χ0v) is 16.8. The molecule has 8 heteroatoms. The van der Waals surface area contributed by atoms with E-state index in [4.69, 9.17) is 10.6 Å². The fraction of sp³-hybridized carbons (Fsp3) is 0.222. The van der Waals surface area contributed by atoms with Gasteiger partial charge in [-0.05, 0) is 51.7 Å². The number of nitrogens with zero attached hydrogens (tertiary/aromatic N) is 1. The molecule has 6 nitrogen and oxygen atoms in total. The van der Waals surface area contributed by atoms with E-state index in [1.54, 1.807) is 6.07 Å². The van der Waals surface area contributed by atoms with Gasteiger partial charge in [-0.2, -0.15) is 0 Å². The molecule has 1 amide bonds. The molecular weight excluding hydrogens is 416 g/mol. The summed E-state index contributed by atoms with van der Waals surface area (Å²) in [6.07, 6.45) is 0. The van der Waals surface area contributed by atoms with Gasteiger partial charge in [0.25, 0.3) is 5.91 Å². The first-order valence-electron chi connectivity index (χ1n) is 8.05. The number of nitrogens with two attached hydrogens (primary N) is 1. The number of thiazole rings is 1. The number of halogens is 1. The molecule has 0 aliphatic heterocycles. The second kappa shape index (κ2) is 8.03. The maximum absolute atomic E-state index is 12.2. The van der Waals surface area contributed by atoms with Crippen LogP contribution in [0.5, 0.6) is 5.75 Å². The number of anilines is 2. The van der Waals surface area contributed by atoms with Crippen LogP contribution in [0.15, 0.2) is 40.9 Å². The first-order valence-corrected chi connectivity index (χ1v) is 9.66. The van der Waals surface area contributed by atoms with E-state index < -0.39 is 0 Å². The van der Waals surface area contributed by atoms with E-state index in [9.17, 15) is 4.79 Å². The minimum absolute atomic E-state index is 0.0605. The van der Waals surface area contributed by atoms with Crippen molar-refractivity contribution < 1.29 is 9.53 Å². The summed E-state index contributed by atoms with van der Waals surface area (Å²) in [6, 6.07) is 11.4. The summed E-state index contributed by atoms with van der Waals surface area (Å²) in [5.41, 5.74) is 5.23. The molecule has 3 aromatic rings. The molecule has 0 atom stereocenters. The van der Waals surface area contributed by atoms with Crippen molar-refractivity contribution in [2.45, 2.75) is 19.8 Å². The molecule has 1 heterocycles. The van der Waals surface area contributed by atoms with Gasteiger partial charge in [0.2, 0.25) is 0 Å². The van der Waals surface area contributed by atoms with Gasteiger partial charge in [0.05, 0.1) is 10.2 Å². The number of aromatic nitrogens is 1. The van der Waals surface area contributed by atoms with Gasteiger partial charge < -0.3 is 10.1 Å². The van der Waals surface area contributed by atoms with Crippen molar-refractivity contribution in [3.63, 3.8) is 0 Å². The summed E-state index contributed by atoms with van der Waals surface area (Å²) in [7, 11) is 0. The van der Waals surface area contributed by atoms with E-state index in [1.807, 2.05) is 30.3 Å². The van der Waals surface area contributed by atoms with Crippen molar-refractivity contribution in [3.05, 3.63) is 46.4 Å². The standard InChI is InChI=1S/C18H19BrN4O2S/c1-10(2)11-3-5-13(6-4-11)25-9-16(24)21-12-7-14(19)17-15(8-12)26-18(22-17)23-20/h3-8,10H,9,20H2,1-2H3,(H,21,24)(H,22,23). The third-order valence-corrected chi connectivity index (χ3v) is 5.31. The Labute approximate surface area is 163 Å². The predicted octanol–water partition coefficient (Wildman–Crippen LogP) is 4.49. The second-order valence-corrected chi connectivity index (χ2v) is 7.91. The van der Waals surface area contributed by atoms with Gasteiger partial charge in [0.15, 0.2) is 11.7 Å². The Hall–Kier alpha value is -2.16. The average Bonchev–Trinajstić information content (AvgIpc) is 3.04. The highest BCUT2D eigenvalue weighted by atomic mass is 79.9. The summed E-state index contributed by atoms with van der Waals surface area (Å²) in [6.45, 7) is 4.21. The van der Waals surface area contributed by atoms with E-state index >= 15 is 0 Å². The molecule has 136 valence electrons. The normalized spacial score (nSPS) is 11.0. The summed E-state index contributed by atoms with van der Waals surface area (Å²) < 4.78 is 7.25. The molecule has 0 bridgehead atoms. The fourth-order valence-corrected chi connectivity index (χ4v) is 3.94. The zero-order valence-electron chi connectivity index (χ0n) is 14.4. The lowest BCUT2D eigenvalue weighted by Crippen LogP contribution is -2.20. The minimum Gasteiger partial charge on any atom is -0.484 e. The number of hydrogen-bond acceptors (Lipinski definition) is 6. The van der Waals surface area contributed by atoms with E-state index in [-0.39, 0.29) is 12.5 Å². The molecule has 0 unspecified atom stereocenters. The average molecular weight is 435 g/mol. The van der Waals surface area contributed by atoms with Crippen molar-refractivity contribution in [1.29, 1.82) is 0 Å². The maximum Gasteiger partial charge on any atom is 0.262 e. The highest BCUT2D eigenvalue weighted by Gasteiger charge is 2.11. The summed E-state index contributed by atoms with van der Waals surface area (Å²) >= 11 is 4.87. The van der Waals surface area contributed by atoms with Crippen LogP contribution in [0.3, 0.4) is 0 Å². The van der Waals surface area contributed by atoms with Crippen LogP contribution in [0, 0.1) is 0 Å². The highest BCUT2D eigenvalue weighted by molar-refractivity contribution is 9.10. The van der Waals surface area contributed by atoms with E-state index in [0.717, 1.165) is 14.7 Å². The van der Waals surface area contributed by atoms with Crippen LogP contribution < -0.4 is 21.3 Å². The van der Waals surface area contributed by atoms with Gasteiger partial charge in [-0.3, -0.25) is 10.2 Å². The Morgan fingerprint density at radius 1 is 1.31 bits per heavy atom. The van der Waals surface area contributed by atoms with Crippen molar-refractivity contribution in [1.82, 2.24) is 4.98 Å². The Morgan fingerprint density at radius 3 is 2.69 bits per heavy atom. The number of hydrazine groups is 1. The van der Waals surface area contributed by atoms with Crippen LogP contribution in [0.4, 0.5) is 10.8 Å². The van der Waals surface area contributed by atoms with Crippen molar-refractivity contribution in [2.75, 3.05) is 17.3 Å². The first-order chi connectivity index (χ1) is 12.5. The molecule has 0 aliphatic carbocycles. The number of carbonyl (C=O) groups is 1. The lowest BCUT2D eigenvalue weighted by Gasteiger charge is -2.10. The largest absolute Gasteiger partial charge is 0.484 e. The molecule has 0 fully saturated rings. The molecule has 0 aliphatic rings. The molecule has 0 saturated carbocycles. The van der Waals surface area contributed by atoms with Crippen molar-refractivity contribution in [3.8, 4) is 5.75 Å². The number of benzene rings is 2. The maximum atomic E-state index is 12.2. The van der Waals surface area contributed by atoms with Gasteiger partial charge in [-0.1, -0.05) is 37.3 Å². The van der Waals surface area contributed by atoms with Crippen LogP contribution >= 0.6 is 27.3 Å².